The molecule has 27 heteroatoms. The zero-order chi connectivity index (χ0) is 32.7. The molecular formula is C12HF23O3S. The van der Waals surface area contributed by atoms with Crippen LogP contribution in [0.25, 0.3) is 0 Å². The molecule has 0 aromatic carbocycles. The van der Waals surface area contributed by atoms with Crippen molar-refractivity contribution in [3.63, 3.8) is 0 Å². The standard InChI is InChI=1S/C12HF23O3S/c13-1(2(14)4(17,18)19)3(15,16)5(20,21)6(22,23)7(24,25)8(26,27)9(28,29)10(30,31)11(32,33)12(34,35)39(36,37)38/h(H,36,37,38)/b2-1+. The monoisotopic (exact) mass is 662 g/mol. The van der Waals surface area contributed by atoms with Crippen LogP contribution < -0.4 is 0 Å². The molecule has 0 unspecified atom stereocenters. The van der Waals surface area contributed by atoms with Gasteiger partial charge in [-0.25, -0.2) is 4.39 Å². The third-order valence-corrected chi connectivity index (χ3v) is 5.07. The summed E-state index contributed by atoms with van der Waals surface area (Å²) in [6.45, 7) is 0. The highest BCUT2D eigenvalue weighted by Crippen LogP contribution is 2.66. The van der Waals surface area contributed by atoms with E-state index >= 15 is 0 Å². The molecule has 0 bridgehead atoms. The van der Waals surface area contributed by atoms with E-state index < -0.39 is 80.6 Å². The summed E-state index contributed by atoms with van der Waals surface area (Å²) < 4.78 is 328. The number of rotatable bonds is 10. The Kier molecular flexibility index (Phi) is 8.57. The normalized spacial score (nSPS) is 17.3. The molecule has 0 saturated carbocycles. The van der Waals surface area contributed by atoms with Crippen molar-refractivity contribution in [2.45, 2.75) is 58.8 Å². The topological polar surface area (TPSA) is 54.4 Å². The fourth-order valence-electron chi connectivity index (χ4n) is 1.93. The highest BCUT2D eigenvalue weighted by atomic mass is 32.2. The van der Waals surface area contributed by atoms with Crippen molar-refractivity contribution >= 4 is 10.1 Å². The minimum atomic E-state index is -9.48. The van der Waals surface area contributed by atoms with Gasteiger partial charge in [-0.15, -0.1) is 0 Å². The lowest BCUT2D eigenvalue weighted by Gasteiger charge is -2.44. The Bertz CT molecular complexity index is 1080. The Morgan fingerprint density at radius 2 is 0.641 bits per heavy atom. The van der Waals surface area contributed by atoms with Gasteiger partial charge in [0.05, 0.1) is 0 Å². The summed E-state index contributed by atoms with van der Waals surface area (Å²) >= 11 is 0. The van der Waals surface area contributed by atoms with Crippen LogP contribution in [0.3, 0.4) is 0 Å². The van der Waals surface area contributed by atoms with E-state index in [0.29, 0.717) is 0 Å². The van der Waals surface area contributed by atoms with Crippen molar-refractivity contribution in [3.8, 4) is 0 Å². The van der Waals surface area contributed by atoms with E-state index in [4.69, 9.17) is 4.55 Å². The third-order valence-electron chi connectivity index (χ3n) is 4.17. The Labute approximate surface area is 195 Å². The van der Waals surface area contributed by atoms with Gasteiger partial charge in [-0.3, -0.25) is 4.55 Å². The van der Waals surface area contributed by atoms with Crippen LogP contribution >= 0.6 is 0 Å². The molecule has 0 aromatic heterocycles. The van der Waals surface area contributed by atoms with Crippen LogP contribution in [0.15, 0.2) is 11.7 Å². The van der Waals surface area contributed by atoms with Gasteiger partial charge in [0.2, 0.25) is 11.7 Å². The van der Waals surface area contributed by atoms with Crippen molar-refractivity contribution in [3.05, 3.63) is 11.7 Å². The predicted molar refractivity (Wildman–Crippen MR) is 71.4 cm³/mol. The second-order valence-corrected chi connectivity index (χ2v) is 8.18. The second kappa shape index (κ2) is 9.02. The molecule has 0 aliphatic carbocycles. The van der Waals surface area contributed by atoms with E-state index in [9.17, 15) is 109 Å². The predicted octanol–water partition coefficient (Wildman–Crippen LogP) is 7.26. The van der Waals surface area contributed by atoms with Gasteiger partial charge in [0, 0.05) is 0 Å². The molecule has 0 aromatic rings. The zero-order valence-corrected chi connectivity index (χ0v) is 17.2. The molecule has 234 valence electrons. The summed E-state index contributed by atoms with van der Waals surface area (Å²) in [7, 11) is -8.16. The lowest BCUT2D eigenvalue weighted by molar-refractivity contribution is -0.457. The molecule has 0 aliphatic heterocycles. The van der Waals surface area contributed by atoms with E-state index in [-0.39, 0.29) is 0 Å². The maximum Gasteiger partial charge on any atom is 0.445 e. The van der Waals surface area contributed by atoms with Crippen LogP contribution in [0.2, 0.25) is 0 Å². The number of halogens is 23. The molecule has 39 heavy (non-hydrogen) atoms. The van der Waals surface area contributed by atoms with Crippen LogP contribution in [0.5, 0.6) is 0 Å². The molecule has 0 aliphatic rings. The smallest absolute Gasteiger partial charge is 0.281 e. The van der Waals surface area contributed by atoms with Gasteiger partial charge in [0.15, 0.2) is 0 Å². The molecule has 0 heterocycles. The van der Waals surface area contributed by atoms with Gasteiger partial charge in [-0.2, -0.15) is 105 Å². The quantitative estimate of drug-likeness (QED) is 0.198. The Hall–Kier alpha value is -1.96. The number of allylic oxidation sites excluding steroid dienone is 2. The fraction of sp³-hybridized carbons (Fsp3) is 0.833. The molecule has 0 radical (unpaired) electrons. The van der Waals surface area contributed by atoms with E-state index in [1.165, 1.54) is 0 Å². The van der Waals surface area contributed by atoms with E-state index in [1.807, 2.05) is 0 Å². The zero-order valence-electron chi connectivity index (χ0n) is 16.4. The fourth-order valence-corrected chi connectivity index (χ4v) is 2.38. The highest BCUT2D eigenvalue weighted by Gasteiger charge is 2.97. The molecular weight excluding hydrogens is 661 g/mol. The van der Waals surface area contributed by atoms with Crippen LogP contribution in [0, 0.1) is 0 Å². The number of hydrogen-bond acceptors (Lipinski definition) is 2. The van der Waals surface area contributed by atoms with Crippen molar-refractivity contribution < 1.29 is 114 Å². The van der Waals surface area contributed by atoms with Gasteiger partial charge < -0.3 is 0 Å². The van der Waals surface area contributed by atoms with Gasteiger partial charge in [0.1, 0.15) is 0 Å². The number of hydrogen-bond donors (Lipinski definition) is 1. The van der Waals surface area contributed by atoms with Gasteiger partial charge in [-0.05, 0) is 0 Å². The minimum absolute atomic E-state index is 5.16. The SMILES string of the molecule is O=S(=O)(O)C(F)(F)C(F)(F)C(F)(F)C(F)(F)C(F)(F)C(F)(F)C(F)(F)C(F)(F)C(F)(F)/C(F)=C(\F)C(F)(F)F. The van der Waals surface area contributed by atoms with Crippen molar-refractivity contribution in [1.82, 2.24) is 0 Å². The molecule has 0 fully saturated rings. The Balaban J connectivity index is 7.36. The highest BCUT2D eigenvalue weighted by molar-refractivity contribution is 7.87. The molecule has 0 spiro atoms. The second-order valence-electron chi connectivity index (χ2n) is 6.71. The summed E-state index contributed by atoms with van der Waals surface area (Å²) in [5.74, 6) is -83.8. The third kappa shape index (κ3) is 4.62. The average molecular weight is 662 g/mol. The first-order valence-corrected chi connectivity index (χ1v) is 9.26. The van der Waals surface area contributed by atoms with Crippen LogP contribution in [-0.4, -0.2) is 71.8 Å². The summed E-state index contributed by atoms with van der Waals surface area (Å²) in [6, 6.07) is 0. The first-order valence-electron chi connectivity index (χ1n) is 7.82. The van der Waals surface area contributed by atoms with E-state index in [1.54, 1.807) is 0 Å². The lowest BCUT2D eigenvalue weighted by atomic mass is 9.87. The van der Waals surface area contributed by atoms with Gasteiger partial charge in [-0.1, -0.05) is 0 Å². The molecule has 0 atom stereocenters. The van der Waals surface area contributed by atoms with Gasteiger partial charge >= 0.3 is 68.9 Å². The maximum absolute atomic E-state index is 13.5. The minimum Gasteiger partial charge on any atom is -0.281 e. The Morgan fingerprint density at radius 1 is 0.410 bits per heavy atom. The average Bonchev–Trinajstić information content (AvgIpc) is 2.69. The number of alkyl halides is 21. The van der Waals surface area contributed by atoms with Crippen molar-refractivity contribution in [1.29, 1.82) is 0 Å². The van der Waals surface area contributed by atoms with Crippen molar-refractivity contribution in [2.24, 2.45) is 0 Å². The molecule has 1 N–H and O–H groups in total. The maximum atomic E-state index is 13.5. The lowest BCUT2D eigenvalue weighted by Crippen LogP contribution is -2.76. The molecule has 0 saturated heterocycles. The first kappa shape index (κ1) is 37.0. The first-order chi connectivity index (χ1) is 16.3. The van der Waals surface area contributed by atoms with Crippen molar-refractivity contribution in [2.75, 3.05) is 0 Å². The molecule has 0 amide bonds. The summed E-state index contributed by atoms with van der Waals surface area (Å²) in [6.07, 6.45) is -7.20. The molecule has 3 nitrogen and oxygen atoms in total. The van der Waals surface area contributed by atoms with Gasteiger partial charge in [0.25, 0.3) is 0 Å². The molecule has 0 rings (SSSR count). The summed E-state index contributed by atoms with van der Waals surface area (Å²) in [4.78, 5) is 0. The van der Waals surface area contributed by atoms with E-state index in [2.05, 4.69) is 0 Å². The summed E-state index contributed by atoms with van der Waals surface area (Å²) in [5.41, 5.74) is 0. The van der Waals surface area contributed by atoms with Crippen LogP contribution in [0.4, 0.5) is 101 Å². The Morgan fingerprint density at radius 3 is 0.872 bits per heavy atom. The van der Waals surface area contributed by atoms with E-state index in [0.717, 1.165) is 0 Å². The summed E-state index contributed by atoms with van der Waals surface area (Å²) in [5, 5.41) is -8.12. The van der Waals surface area contributed by atoms with Crippen LogP contribution in [-0.2, 0) is 10.1 Å². The van der Waals surface area contributed by atoms with Crippen LogP contribution in [0.1, 0.15) is 0 Å². The largest absolute Gasteiger partial charge is 0.445 e.